The molecule has 0 fully saturated rings. The summed E-state index contributed by atoms with van der Waals surface area (Å²) in [4.78, 5) is 11.3. The van der Waals surface area contributed by atoms with E-state index in [0.717, 1.165) is 32.1 Å². The molecule has 3 N–H and O–H groups in total. The third-order valence-electron chi connectivity index (χ3n) is 6.57. The summed E-state index contributed by atoms with van der Waals surface area (Å²) in [5, 5.41) is 10.9. The van der Waals surface area contributed by atoms with Crippen LogP contribution in [-0.2, 0) is 4.74 Å². The first-order valence-electron chi connectivity index (χ1n) is 12.5. The van der Waals surface area contributed by atoms with Crippen LogP contribution in [-0.4, -0.2) is 23.4 Å². The summed E-state index contributed by atoms with van der Waals surface area (Å²) in [6.45, 7) is 10.8. The Kier molecular flexibility index (Phi) is 17.6. The van der Waals surface area contributed by atoms with Crippen LogP contribution in [0.15, 0.2) is 0 Å². The molecule has 0 aliphatic carbocycles. The molecule has 0 aromatic rings. The minimum atomic E-state index is -0.733. The molecule has 0 saturated heterocycles. The Labute approximate surface area is 181 Å². The number of aliphatic hydroxyl groups is 1. The van der Waals surface area contributed by atoms with Crippen molar-refractivity contribution in [3.8, 4) is 0 Å². The second-order valence-electron chi connectivity index (χ2n) is 9.22. The molecule has 4 nitrogen and oxygen atoms in total. The van der Waals surface area contributed by atoms with Gasteiger partial charge in [0.1, 0.15) is 6.10 Å². The first-order chi connectivity index (χ1) is 13.9. The van der Waals surface area contributed by atoms with E-state index >= 15 is 0 Å². The molecule has 5 atom stereocenters. The van der Waals surface area contributed by atoms with Crippen molar-refractivity contribution in [1.29, 1.82) is 0 Å². The van der Waals surface area contributed by atoms with E-state index in [0.29, 0.717) is 5.92 Å². The summed E-state index contributed by atoms with van der Waals surface area (Å²) in [5.41, 5.74) is 5.28. The molecule has 0 saturated carbocycles. The highest BCUT2D eigenvalue weighted by molar-refractivity contribution is 5.64. The van der Waals surface area contributed by atoms with Crippen LogP contribution in [0.25, 0.3) is 0 Å². The molecule has 29 heavy (non-hydrogen) atoms. The van der Waals surface area contributed by atoms with Crippen LogP contribution in [0, 0.1) is 17.8 Å². The molecule has 0 aliphatic heterocycles. The van der Waals surface area contributed by atoms with Gasteiger partial charge >= 0.3 is 6.09 Å². The molecule has 0 spiro atoms. The monoisotopic (exact) mass is 413 g/mol. The number of carbonyl (C=O) groups excluding carboxylic acids is 1. The molecular weight excluding hydrogens is 362 g/mol. The number of rotatable bonds is 19. The van der Waals surface area contributed by atoms with Crippen molar-refractivity contribution in [3.63, 3.8) is 0 Å². The first-order valence-corrected chi connectivity index (χ1v) is 12.5. The second-order valence-corrected chi connectivity index (χ2v) is 9.22. The first kappa shape index (κ1) is 28.2. The highest BCUT2D eigenvalue weighted by Gasteiger charge is 2.31. The van der Waals surface area contributed by atoms with Crippen molar-refractivity contribution in [2.75, 3.05) is 0 Å². The molecule has 1 amide bonds. The van der Waals surface area contributed by atoms with Gasteiger partial charge in [-0.25, -0.2) is 4.79 Å². The number of ether oxygens (including phenoxy) is 1. The number of unbranched alkanes of at least 4 members (excludes halogenated alkanes) is 8. The molecule has 4 heteroatoms. The number of carbonyl (C=O) groups is 1. The van der Waals surface area contributed by atoms with Gasteiger partial charge in [-0.15, -0.1) is 0 Å². The molecule has 0 aromatic heterocycles. The number of hydrogen-bond acceptors (Lipinski definition) is 3. The molecule has 0 heterocycles. The smallest absolute Gasteiger partial charge is 0.404 e. The lowest BCUT2D eigenvalue weighted by molar-refractivity contribution is -0.0218. The fraction of sp³-hybridized carbons (Fsp3) is 0.960. The van der Waals surface area contributed by atoms with Crippen LogP contribution >= 0.6 is 0 Å². The summed E-state index contributed by atoms with van der Waals surface area (Å²) in [6.07, 6.45) is 15.4. The van der Waals surface area contributed by atoms with Crippen LogP contribution < -0.4 is 5.73 Å². The van der Waals surface area contributed by atoms with Crippen LogP contribution in [0.4, 0.5) is 4.79 Å². The Morgan fingerprint density at radius 3 is 1.93 bits per heavy atom. The van der Waals surface area contributed by atoms with E-state index in [4.69, 9.17) is 10.5 Å². The summed E-state index contributed by atoms with van der Waals surface area (Å²) in [7, 11) is 0. The Morgan fingerprint density at radius 1 is 0.862 bits per heavy atom. The summed E-state index contributed by atoms with van der Waals surface area (Å²) in [5.74, 6) is 0.771. The fourth-order valence-corrected chi connectivity index (χ4v) is 4.46. The van der Waals surface area contributed by atoms with Gasteiger partial charge in [-0.2, -0.15) is 0 Å². The molecule has 0 aromatic carbocycles. The van der Waals surface area contributed by atoms with Crippen LogP contribution in [0.2, 0.25) is 0 Å². The SMILES string of the molecule is CCCCCCCCCC(CC)CC(C)C(O)C(C)C(CCCCC)OC(N)=O. The standard InChI is InChI=1S/C25H51NO3/c1-6-9-11-12-13-14-16-17-22(8-3)19-20(4)24(27)21(5)23(29-25(26)28)18-15-10-7-2/h20-24,27H,6-19H2,1-5H3,(H2,26,28). The van der Waals surface area contributed by atoms with Gasteiger partial charge in [0.15, 0.2) is 0 Å². The topological polar surface area (TPSA) is 72.6 Å². The Bertz CT molecular complexity index is 388. The molecule has 0 aliphatic rings. The van der Waals surface area contributed by atoms with Crippen molar-refractivity contribution in [1.82, 2.24) is 0 Å². The van der Waals surface area contributed by atoms with Gasteiger partial charge in [-0.3, -0.25) is 0 Å². The van der Waals surface area contributed by atoms with Gasteiger partial charge in [0.25, 0.3) is 0 Å². The summed E-state index contributed by atoms with van der Waals surface area (Å²) < 4.78 is 5.36. The van der Waals surface area contributed by atoms with Gasteiger partial charge in [0.2, 0.25) is 0 Å². The molecule has 5 unspecified atom stereocenters. The molecule has 0 bridgehead atoms. The van der Waals surface area contributed by atoms with E-state index in [9.17, 15) is 9.90 Å². The highest BCUT2D eigenvalue weighted by Crippen LogP contribution is 2.29. The third-order valence-corrected chi connectivity index (χ3v) is 6.57. The number of primary amides is 1. The zero-order chi connectivity index (χ0) is 22.1. The highest BCUT2D eigenvalue weighted by atomic mass is 16.6. The van der Waals surface area contributed by atoms with Crippen molar-refractivity contribution in [2.45, 2.75) is 137 Å². The minimum Gasteiger partial charge on any atom is -0.446 e. The zero-order valence-corrected chi connectivity index (χ0v) is 20.1. The predicted molar refractivity (Wildman–Crippen MR) is 124 cm³/mol. The van der Waals surface area contributed by atoms with E-state index in [-0.39, 0.29) is 17.9 Å². The average molecular weight is 414 g/mol. The van der Waals surface area contributed by atoms with Crippen molar-refractivity contribution >= 4 is 6.09 Å². The lowest BCUT2D eigenvalue weighted by Crippen LogP contribution is -2.38. The summed E-state index contributed by atoms with van der Waals surface area (Å²) >= 11 is 0. The maximum Gasteiger partial charge on any atom is 0.404 e. The number of hydrogen-bond donors (Lipinski definition) is 2. The van der Waals surface area contributed by atoms with Crippen molar-refractivity contribution in [2.24, 2.45) is 23.5 Å². The largest absolute Gasteiger partial charge is 0.446 e. The lowest BCUT2D eigenvalue weighted by atomic mass is 9.81. The van der Waals surface area contributed by atoms with Gasteiger partial charge in [-0.1, -0.05) is 105 Å². The Balaban J connectivity index is 4.43. The maximum atomic E-state index is 11.3. The predicted octanol–water partition coefficient (Wildman–Crippen LogP) is 7.22. The van der Waals surface area contributed by atoms with Gasteiger partial charge < -0.3 is 15.6 Å². The van der Waals surface area contributed by atoms with Crippen molar-refractivity contribution in [3.05, 3.63) is 0 Å². The normalized spacial score (nSPS) is 16.8. The van der Waals surface area contributed by atoms with Crippen LogP contribution in [0.1, 0.15) is 125 Å². The van der Waals surface area contributed by atoms with E-state index < -0.39 is 12.2 Å². The van der Waals surface area contributed by atoms with E-state index in [1.807, 2.05) is 6.92 Å². The van der Waals surface area contributed by atoms with Crippen LogP contribution in [0.3, 0.4) is 0 Å². The molecule has 0 rings (SSSR count). The molecule has 174 valence electrons. The second kappa shape index (κ2) is 18.0. The lowest BCUT2D eigenvalue weighted by Gasteiger charge is -2.32. The fourth-order valence-electron chi connectivity index (χ4n) is 4.46. The third kappa shape index (κ3) is 14.0. The van der Waals surface area contributed by atoms with E-state index in [1.54, 1.807) is 0 Å². The average Bonchev–Trinajstić information content (AvgIpc) is 2.70. The van der Waals surface area contributed by atoms with Crippen LogP contribution in [0.5, 0.6) is 0 Å². The molecule has 0 radical (unpaired) electrons. The van der Waals surface area contributed by atoms with E-state index in [2.05, 4.69) is 27.7 Å². The van der Waals surface area contributed by atoms with E-state index in [1.165, 1.54) is 57.8 Å². The van der Waals surface area contributed by atoms with Gasteiger partial charge in [0.05, 0.1) is 6.10 Å². The number of nitrogens with two attached hydrogens (primary N) is 1. The molecular formula is C25H51NO3. The quantitative estimate of drug-likeness (QED) is 0.219. The minimum absolute atomic E-state index is 0.0922. The zero-order valence-electron chi connectivity index (χ0n) is 20.1. The summed E-state index contributed by atoms with van der Waals surface area (Å²) in [6, 6.07) is 0. The Hall–Kier alpha value is -0.770. The van der Waals surface area contributed by atoms with Gasteiger partial charge in [-0.05, 0) is 31.1 Å². The Morgan fingerprint density at radius 2 is 1.38 bits per heavy atom. The maximum absolute atomic E-state index is 11.3. The van der Waals surface area contributed by atoms with Crippen molar-refractivity contribution < 1.29 is 14.6 Å². The van der Waals surface area contributed by atoms with Gasteiger partial charge in [0, 0.05) is 5.92 Å². The number of aliphatic hydroxyl groups excluding tert-OH is 1. The number of amides is 1.